The van der Waals surface area contributed by atoms with Gasteiger partial charge in [0.05, 0.1) is 12.2 Å². The van der Waals surface area contributed by atoms with Gasteiger partial charge in [0, 0.05) is 0 Å². The maximum absolute atomic E-state index is 9.13. The van der Waals surface area contributed by atoms with Crippen LogP contribution in [-0.4, -0.2) is 6.61 Å². The van der Waals surface area contributed by atoms with Crippen LogP contribution in [0.5, 0.6) is 5.75 Å². The summed E-state index contributed by atoms with van der Waals surface area (Å²) in [7, 11) is 0. The van der Waals surface area contributed by atoms with Crippen LogP contribution in [0.25, 0.3) is 0 Å². The summed E-state index contributed by atoms with van der Waals surface area (Å²) < 4.78 is 5.67. The highest BCUT2D eigenvalue weighted by Crippen LogP contribution is 2.21. The number of nitrogens with zero attached hydrogens (tertiary/aromatic N) is 2. The molecule has 1 aromatic carbocycles. The fourth-order valence-corrected chi connectivity index (χ4v) is 2.63. The van der Waals surface area contributed by atoms with E-state index in [-0.39, 0.29) is 0 Å². The minimum Gasteiger partial charge on any atom is -0.492 e. The van der Waals surface area contributed by atoms with Crippen molar-refractivity contribution >= 4 is 0 Å². The van der Waals surface area contributed by atoms with E-state index in [2.05, 4.69) is 13.0 Å². The van der Waals surface area contributed by atoms with Crippen molar-refractivity contribution < 1.29 is 4.74 Å². The predicted molar refractivity (Wildman–Crippen MR) is 93.2 cm³/mol. The van der Waals surface area contributed by atoms with Gasteiger partial charge < -0.3 is 4.74 Å². The van der Waals surface area contributed by atoms with E-state index in [0.717, 1.165) is 12.8 Å². The van der Waals surface area contributed by atoms with Crippen LogP contribution in [0.15, 0.2) is 18.2 Å². The highest BCUT2D eigenvalue weighted by Gasteiger charge is 2.08. The molecule has 0 heterocycles. The fraction of sp³-hybridized carbons (Fsp3) is 0.600. The van der Waals surface area contributed by atoms with Crippen molar-refractivity contribution in [3.8, 4) is 17.9 Å². The van der Waals surface area contributed by atoms with Gasteiger partial charge in [-0.3, -0.25) is 0 Å². The van der Waals surface area contributed by atoms with E-state index in [0.29, 0.717) is 23.5 Å². The first-order valence-corrected chi connectivity index (χ1v) is 8.89. The summed E-state index contributed by atoms with van der Waals surface area (Å²) in [4.78, 5) is 0. The molecular weight excluding hydrogens is 284 g/mol. The Morgan fingerprint density at radius 1 is 0.826 bits per heavy atom. The molecule has 124 valence electrons. The number of ether oxygens (including phenoxy) is 1. The van der Waals surface area contributed by atoms with E-state index in [4.69, 9.17) is 15.3 Å². The van der Waals surface area contributed by atoms with Crippen molar-refractivity contribution in [2.75, 3.05) is 6.61 Å². The topological polar surface area (TPSA) is 56.8 Å². The summed E-state index contributed by atoms with van der Waals surface area (Å²) in [6.45, 7) is 2.86. The van der Waals surface area contributed by atoms with Crippen LogP contribution in [0.3, 0.4) is 0 Å². The van der Waals surface area contributed by atoms with Crippen molar-refractivity contribution in [2.45, 2.75) is 71.1 Å². The molecule has 0 bridgehead atoms. The van der Waals surface area contributed by atoms with Gasteiger partial charge in [-0.2, -0.15) is 10.5 Å². The van der Waals surface area contributed by atoms with Crippen LogP contribution in [0, 0.1) is 22.7 Å². The van der Waals surface area contributed by atoms with Crippen LogP contribution in [0.1, 0.15) is 82.3 Å². The minimum absolute atomic E-state index is 0.349. The molecule has 1 aromatic rings. The van der Waals surface area contributed by atoms with Crippen molar-refractivity contribution in [3.63, 3.8) is 0 Å². The standard InChI is InChI=1S/C20H28N2O/c1-2-3-4-5-6-7-8-9-10-11-15-23-20-14-12-13-18(16-21)19(20)17-22/h12-14H,2-11,15H2,1H3. The van der Waals surface area contributed by atoms with Crippen molar-refractivity contribution in [3.05, 3.63) is 29.3 Å². The van der Waals surface area contributed by atoms with Gasteiger partial charge in [0.15, 0.2) is 0 Å². The summed E-state index contributed by atoms with van der Waals surface area (Å²) in [5, 5.41) is 18.1. The first-order chi connectivity index (χ1) is 11.3. The van der Waals surface area contributed by atoms with Crippen LogP contribution in [-0.2, 0) is 0 Å². The molecular formula is C20H28N2O. The van der Waals surface area contributed by atoms with Crippen LogP contribution >= 0.6 is 0 Å². The molecule has 1 rings (SSSR count). The molecule has 0 saturated heterocycles. The molecule has 0 fully saturated rings. The summed E-state index contributed by atoms with van der Waals surface area (Å²) >= 11 is 0. The number of hydrogen-bond donors (Lipinski definition) is 0. The number of nitriles is 2. The Morgan fingerprint density at radius 2 is 1.43 bits per heavy atom. The maximum Gasteiger partial charge on any atom is 0.138 e. The second-order valence-corrected chi connectivity index (χ2v) is 5.93. The molecule has 0 aliphatic rings. The first kappa shape index (κ1) is 19.0. The quantitative estimate of drug-likeness (QED) is 0.463. The second kappa shape index (κ2) is 12.5. The molecule has 0 saturated carbocycles. The molecule has 0 aromatic heterocycles. The van der Waals surface area contributed by atoms with E-state index >= 15 is 0 Å². The van der Waals surface area contributed by atoms with Gasteiger partial charge in [-0.25, -0.2) is 0 Å². The number of rotatable bonds is 12. The zero-order valence-corrected chi connectivity index (χ0v) is 14.3. The molecule has 0 unspecified atom stereocenters. The Morgan fingerprint density at radius 3 is 2.00 bits per heavy atom. The summed E-state index contributed by atoms with van der Waals surface area (Å²) in [5.41, 5.74) is 0.732. The average molecular weight is 312 g/mol. The SMILES string of the molecule is CCCCCCCCCCCCOc1cccc(C#N)c1C#N. The van der Waals surface area contributed by atoms with E-state index in [1.807, 2.05) is 6.07 Å². The third-order valence-corrected chi connectivity index (χ3v) is 4.01. The zero-order valence-electron chi connectivity index (χ0n) is 14.3. The first-order valence-electron chi connectivity index (χ1n) is 8.89. The molecule has 3 heteroatoms. The highest BCUT2D eigenvalue weighted by molar-refractivity contribution is 5.53. The Labute approximate surface area is 140 Å². The Hall–Kier alpha value is -2.00. The van der Waals surface area contributed by atoms with Gasteiger partial charge in [0.25, 0.3) is 0 Å². The van der Waals surface area contributed by atoms with Crippen LogP contribution in [0.4, 0.5) is 0 Å². The second-order valence-electron chi connectivity index (χ2n) is 5.93. The molecule has 0 aliphatic carbocycles. The lowest BCUT2D eigenvalue weighted by Gasteiger charge is -2.08. The van der Waals surface area contributed by atoms with E-state index < -0.39 is 0 Å². The van der Waals surface area contributed by atoms with Gasteiger partial charge >= 0.3 is 0 Å². The lowest BCUT2D eigenvalue weighted by molar-refractivity contribution is 0.303. The Bertz CT molecular complexity index is 525. The van der Waals surface area contributed by atoms with Crippen molar-refractivity contribution in [1.29, 1.82) is 10.5 Å². The van der Waals surface area contributed by atoms with E-state index in [9.17, 15) is 0 Å². The molecule has 23 heavy (non-hydrogen) atoms. The summed E-state index contributed by atoms with van der Waals surface area (Å²) in [5.74, 6) is 0.530. The number of benzene rings is 1. The Kier molecular flexibility index (Phi) is 10.4. The molecule has 0 radical (unpaired) electrons. The van der Waals surface area contributed by atoms with Crippen LogP contribution in [0.2, 0.25) is 0 Å². The third kappa shape index (κ3) is 7.71. The van der Waals surface area contributed by atoms with Crippen molar-refractivity contribution in [1.82, 2.24) is 0 Å². The number of unbranched alkanes of at least 4 members (excludes halogenated alkanes) is 9. The summed E-state index contributed by atoms with van der Waals surface area (Å²) in [6, 6.07) is 9.25. The average Bonchev–Trinajstić information content (AvgIpc) is 2.59. The molecule has 0 aliphatic heterocycles. The van der Waals surface area contributed by atoms with Gasteiger partial charge in [-0.15, -0.1) is 0 Å². The molecule has 3 nitrogen and oxygen atoms in total. The highest BCUT2D eigenvalue weighted by atomic mass is 16.5. The van der Waals surface area contributed by atoms with Gasteiger partial charge in [0.2, 0.25) is 0 Å². The number of hydrogen-bond acceptors (Lipinski definition) is 3. The van der Waals surface area contributed by atoms with Crippen LogP contribution < -0.4 is 4.74 Å². The smallest absolute Gasteiger partial charge is 0.138 e. The molecule has 0 N–H and O–H groups in total. The fourth-order valence-electron chi connectivity index (χ4n) is 2.63. The van der Waals surface area contributed by atoms with Gasteiger partial charge in [-0.05, 0) is 18.6 Å². The van der Waals surface area contributed by atoms with Gasteiger partial charge in [0.1, 0.15) is 23.5 Å². The normalized spacial score (nSPS) is 10.0. The largest absolute Gasteiger partial charge is 0.492 e. The third-order valence-electron chi connectivity index (χ3n) is 4.01. The minimum atomic E-state index is 0.349. The zero-order chi connectivity index (χ0) is 16.8. The molecule has 0 amide bonds. The van der Waals surface area contributed by atoms with E-state index in [1.165, 1.54) is 51.4 Å². The lowest BCUT2D eigenvalue weighted by atomic mass is 10.1. The predicted octanol–water partition coefficient (Wildman–Crippen LogP) is 5.73. The summed E-state index contributed by atoms with van der Waals surface area (Å²) in [6.07, 6.45) is 12.9. The van der Waals surface area contributed by atoms with Crippen molar-refractivity contribution in [2.24, 2.45) is 0 Å². The molecule has 0 atom stereocenters. The molecule has 0 spiro atoms. The monoisotopic (exact) mass is 312 g/mol. The lowest BCUT2D eigenvalue weighted by Crippen LogP contribution is -2.00. The Balaban J connectivity index is 2.10. The van der Waals surface area contributed by atoms with E-state index in [1.54, 1.807) is 18.2 Å². The maximum atomic E-state index is 9.13. The van der Waals surface area contributed by atoms with Gasteiger partial charge in [-0.1, -0.05) is 70.8 Å².